The van der Waals surface area contributed by atoms with Crippen LogP contribution in [0.3, 0.4) is 0 Å². The number of nitrogens with zero attached hydrogens (tertiary/aromatic N) is 2. The van der Waals surface area contributed by atoms with E-state index in [1.165, 1.54) is 13.2 Å². The Morgan fingerprint density at radius 3 is 2.46 bits per heavy atom. The van der Waals surface area contributed by atoms with E-state index in [-0.39, 0.29) is 4.90 Å². The molecule has 24 heavy (non-hydrogen) atoms. The van der Waals surface area contributed by atoms with Gasteiger partial charge in [-0.15, -0.1) is 0 Å². The van der Waals surface area contributed by atoms with E-state index >= 15 is 0 Å². The van der Waals surface area contributed by atoms with Gasteiger partial charge in [0.05, 0.1) is 30.9 Å². The number of sulfonamides is 1. The molecule has 0 unspecified atom stereocenters. The van der Waals surface area contributed by atoms with Crippen molar-refractivity contribution in [1.82, 2.24) is 9.21 Å². The fourth-order valence-electron chi connectivity index (χ4n) is 3.39. The fraction of sp³-hybridized carbons (Fsp3) is 0.625. The number of nitrogen functional groups attached to an aromatic ring is 1. The Morgan fingerprint density at radius 1 is 1.17 bits per heavy atom. The van der Waals surface area contributed by atoms with Gasteiger partial charge in [0.1, 0.15) is 5.75 Å². The lowest BCUT2D eigenvalue weighted by molar-refractivity contribution is 0.00610. The first-order chi connectivity index (χ1) is 11.5. The first-order valence-corrected chi connectivity index (χ1v) is 9.72. The lowest BCUT2D eigenvalue weighted by atomic mass is 10.0. The van der Waals surface area contributed by atoms with Crippen molar-refractivity contribution < 1.29 is 17.9 Å². The summed E-state index contributed by atoms with van der Waals surface area (Å²) in [5.74, 6) is 0.388. The van der Waals surface area contributed by atoms with Crippen LogP contribution in [0.2, 0.25) is 0 Å². The Hall–Kier alpha value is -1.35. The minimum Gasteiger partial charge on any atom is -0.495 e. The summed E-state index contributed by atoms with van der Waals surface area (Å²) >= 11 is 0. The smallest absolute Gasteiger partial charge is 0.243 e. The van der Waals surface area contributed by atoms with Gasteiger partial charge in [0.25, 0.3) is 0 Å². The van der Waals surface area contributed by atoms with E-state index in [0.29, 0.717) is 30.6 Å². The molecule has 7 nitrogen and oxygen atoms in total. The van der Waals surface area contributed by atoms with Crippen molar-refractivity contribution >= 4 is 15.7 Å². The molecule has 0 amide bonds. The summed E-state index contributed by atoms with van der Waals surface area (Å²) in [6.45, 7) is 4.49. The Kier molecular flexibility index (Phi) is 5.29. The molecule has 0 atom stereocenters. The minimum absolute atomic E-state index is 0.235. The molecule has 1 aromatic rings. The van der Waals surface area contributed by atoms with Gasteiger partial charge in [-0.05, 0) is 25.0 Å². The maximum Gasteiger partial charge on any atom is 0.243 e. The predicted molar refractivity (Wildman–Crippen MR) is 91.6 cm³/mol. The molecule has 2 saturated heterocycles. The minimum atomic E-state index is -3.51. The van der Waals surface area contributed by atoms with Gasteiger partial charge in [0.2, 0.25) is 10.0 Å². The van der Waals surface area contributed by atoms with Crippen molar-refractivity contribution in [2.24, 2.45) is 0 Å². The van der Waals surface area contributed by atoms with E-state index in [4.69, 9.17) is 15.2 Å². The second kappa shape index (κ2) is 7.26. The zero-order valence-corrected chi connectivity index (χ0v) is 14.8. The highest BCUT2D eigenvalue weighted by Crippen LogP contribution is 2.28. The molecular formula is C16H25N3O4S. The molecule has 0 aliphatic carbocycles. The largest absolute Gasteiger partial charge is 0.495 e. The third-order valence-electron chi connectivity index (χ3n) is 4.83. The second-order valence-electron chi connectivity index (χ2n) is 6.19. The van der Waals surface area contributed by atoms with Crippen LogP contribution in [-0.2, 0) is 14.8 Å². The lowest BCUT2D eigenvalue weighted by Crippen LogP contribution is -2.50. The van der Waals surface area contributed by atoms with Crippen LogP contribution in [0.15, 0.2) is 23.1 Å². The standard InChI is InChI=1S/C16H25N3O4S/c1-22-16-12-14(2-3-15(16)17)24(20,21)19-6-4-13(5-7-19)18-8-10-23-11-9-18/h2-3,12-13H,4-11,17H2,1H3. The normalized spacial score (nSPS) is 21.7. The SMILES string of the molecule is COc1cc(S(=O)(=O)N2CCC(N3CCOCC3)CC2)ccc1N. The van der Waals surface area contributed by atoms with Crippen LogP contribution in [0.5, 0.6) is 5.75 Å². The van der Waals surface area contributed by atoms with Crippen molar-refractivity contribution in [2.75, 3.05) is 52.2 Å². The van der Waals surface area contributed by atoms with Crippen molar-refractivity contribution in [1.29, 1.82) is 0 Å². The summed E-state index contributed by atoms with van der Waals surface area (Å²) in [7, 11) is -2.03. The van der Waals surface area contributed by atoms with Gasteiger partial charge >= 0.3 is 0 Å². The zero-order chi connectivity index (χ0) is 17.2. The number of hydrogen-bond donors (Lipinski definition) is 1. The van der Waals surface area contributed by atoms with Crippen molar-refractivity contribution in [2.45, 2.75) is 23.8 Å². The van der Waals surface area contributed by atoms with E-state index in [1.807, 2.05) is 0 Å². The van der Waals surface area contributed by atoms with Gasteiger partial charge in [-0.2, -0.15) is 4.31 Å². The average Bonchev–Trinajstić information content (AvgIpc) is 2.63. The van der Waals surface area contributed by atoms with Gasteiger partial charge in [-0.3, -0.25) is 4.90 Å². The molecule has 0 radical (unpaired) electrons. The van der Waals surface area contributed by atoms with E-state index in [2.05, 4.69) is 4.90 Å². The quantitative estimate of drug-likeness (QED) is 0.803. The van der Waals surface area contributed by atoms with Crippen molar-refractivity contribution in [3.05, 3.63) is 18.2 Å². The molecule has 2 N–H and O–H groups in total. The molecule has 3 rings (SSSR count). The molecule has 0 spiro atoms. The van der Waals surface area contributed by atoms with Crippen LogP contribution in [-0.4, -0.2) is 70.2 Å². The van der Waals surface area contributed by atoms with Gasteiger partial charge < -0.3 is 15.2 Å². The summed E-state index contributed by atoms with van der Waals surface area (Å²) in [6.07, 6.45) is 1.71. The molecule has 134 valence electrons. The Balaban J connectivity index is 1.68. The molecule has 0 bridgehead atoms. The predicted octanol–water partition coefficient (Wildman–Crippen LogP) is 0.763. The Morgan fingerprint density at radius 2 is 1.83 bits per heavy atom. The van der Waals surface area contributed by atoms with Gasteiger partial charge in [0, 0.05) is 38.3 Å². The number of anilines is 1. The highest BCUT2D eigenvalue weighted by Gasteiger charge is 2.32. The molecular weight excluding hydrogens is 330 g/mol. The highest BCUT2D eigenvalue weighted by molar-refractivity contribution is 7.89. The van der Waals surface area contributed by atoms with Crippen LogP contribution in [0.1, 0.15) is 12.8 Å². The zero-order valence-electron chi connectivity index (χ0n) is 14.0. The van der Waals surface area contributed by atoms with Gasteiger partial charge in [-0.1, -0.05) is 0 Å². The second-order valence-corrected chi connectivity index (χ2v) is 8.13. The molecule has 2 aliphatic rings. The maximum atomic E-state index is 12.8. The van der Waals surface area contributed by atoms with E-state index in [1.54, 1.807) is 16.4 Å². The lowest BCUT2D eigenvalue weighted by Gasteiger charge is -2.39. The molecule has 8 heteroatoms. The summed E-state index contributed by atoms with van der Waals surface area (Å²) in [4.78, 5) is 2.65. The highest BCUT2D eigenvalue weighted by atomic mass is 32.2. The van der Waals surface area contributed by atoms with Crippen LogP contribution in [0.4, 0.5) is 5.69 Å². The maximum absolute atomic E-state index is 12.8. The molecule has 1 aromatic carbocycles. The van der Waals surface area contributed by atoms with Crippen molar-refractivity contribution in [3.63, 3.8) is 0 Å². The summed E-state index contributed by atoms with van der Waals surface area (Å²) in [6, 6.07) is 5.06. The third kappa shape index (κ3) is 3.51. The first-order valence-electron chi connectivity index (χ1n) is 8.28. The van der Waals surface area contributed by atoms with Crippen LogP contribution in [0.25, 0.3) is 0 Å². The number of piperidine rings is 1. The summed E-state index contributed by atoms with van der Waals surface area (Å²) < 4.78 is 37.8. The van der Waals surface area contributed by atoms with Crippen LogP contribution in [0, 0.1) is 0 Å². The number of morpholine rings is 1. The van der Waals surface area contributed by atoms with E-state index < -0.39 is 10.0 Å². The Bertz CT molecular complexity index is 666. The topological polar surface area (TPSA) is 85.1 Å². The molecule has 2 aliphatic heterocycles. The summed E-state index contributed by atoms with van der Waals surface area (Å²) in [5, 5.41) is 0. The number of rotatable bonds is 4. The van der Waals surface area contributed by atoms with Crippen LogP contribution < -0.4 is 10.5 Å². The number of benzene rings is 1. The summed E-state index contributed by atoms with van der Waals surface area (Å²) in [5.41, 5.74) is 6.21. The number of ether oxygens (including phenoxy) is 2. The molecule has 0 saturated carbocycles. The number of hydrogen-bond acceptors (Lipinski definition) is 6. The molecule has 2 fully saturated rings. The fourth-order valence-corrected chi connectivity index (χ4v) is 4.88. The molecule has 0 aromatic heterocycles. The van der Waals surface area contributed by atoms with E-state index in [9.17, 15) is 8.42 Å². The van der Waals surface area contributed by atoms with Crippen LogP contribution >= 0.6 is 0 Å². The number of nitrogens with two attached hydrogens (primary N) is 1. The molecule has 2 heterocycles. The van der Waals surface area contributed by atoms with Gasteiger partial charge in [-0.25, -0.2) is 8.42 Å². The average molecular weight is 355 g/mol. The van der Waals surface area contributed by atoms with E-state index in [0.717, 1.165) is 39.1 Å². The monoisotopic (exact) mass is 355 g/mol. The number of methoxy groups -OCH3 is 1. The Labute approximate surface area is 143 Å². The van der Waals surface area contributed by atoms with Crippen molar-refractivity contribution in [3.8, 4) is 5.75 Å². The first kappa shape index (κ1) is 17.5. The third-order valence-corrected chi connectivity index (χ3v) is 6.72. The van der Waals surface area contributed by atoms with Gasteiger partial charge in [0.15, 0.2) is 0 Å².